The normalized spacial score (nSPS) is 17.1. The molecule has 1 fully saturated rings. The van der Waals surface area contributed by atoms with Crippen LogP contribution < -0.4 is 4.74 Å². The van der Waals surface area contributed by atoms with Crippen LogP contribution in [0.25, 0.3) is 0 Å². The second-order valence-corrected chi connectivity index (χ2v) is 5.19. The second kappa shape index (κ2) is 7.17. The Balaban J connectivity index is 1.95. The number of nitrogens with zero attached hydrogens (tertiary/aromatic N) is 1. The lowest BCUT2D eigenvalue weighted by Gasteiger charge is -2.17. The molecule has 1 heterocycles. The number of amides is 1. The van der Waals surface area contributed by atoms with E-state index in [4.69, 9.17) is 26.2 Å². The molecule has 1 aliphatic rings. The molecule has 1 aliphatic heterocycles. The van der Waals surface area contributed by atoms with E-state index in [0.29, 0.717) is 25.3 Å². The zero-order valence-electron chi connectivity index (χ0n) is 11.8. The van der Waals surface area contributed by atoms with E-state index < -0.39 is 12.1 Å². The molecule has 0 spiro atoms. The summed E-state index contributed by atoms with van der Waals surface area (Å²) < 4.78 is 10.7. The third-order valence-corrected chi connectivity index (χ3v) is 3.53. The molecule has 1 saturated heterocycles. The average molecular weight is 326 g/mol. The van der Waals surface area contributed by atoms with Crippen molar-refractivity contribution in [3.63, 3.8) is 0 Å². The first-order chi connectivity index (χ1) is 10.5. The van der Waals surface area contributed by atoms with Gasteiger partial charge in [-0.3, -0.25) is 0 Å². The monoisotopic (exact) mass is 325 g/mol. The lowest BCUT2D eigenvalue weighted by atomic mass is 10.2. The number of hydrogen-bond acceptors (Lipinski definition) is 4. The van der Waals surface area contributed by atoms with Crippen LogP contribution in [0.4, 0.5) is 4.79 Å². The number of carbonyl (C=O) groups excluding carboxylic acids is 1. The number of ether oxygens (including phenoxy) is 2. The number of benzene rings is 1. The Hall–Kier alpha value is -2.21. The standard InChI is InChI=1S/C15H16ClNO5/c1-2-7-21-15(20)17-6-5-11(9-17)22-10-3-4-13(16)12(8-10)14(18)19/h2-4,8,11H,1,5-7,9H2,(H,18,19). The molecule has 0 aromatic heterocycles. The fourth-order valence-electron chi connectivity index (χ4n) is 2.15. The molecule has 1 amide bonds. The molecule has 0 radical (unpaired) electrons. The van der Waals surface area contributed by atoms with Crippen molar-refractivity contribution in [2.75, 3.05) is 19.7 Å². The predicted octanol–water partition coefficient (Wildman–Crippen LogP) is 2.81. The van der Waals surface area contributed by atoms with Crippen molar-refractivity contribution in [3.05, 3.63) is 41.4 Å². The second-order valence-electron chi connectivity index (χ2n) is 4.79. The van der Waals surface area contributed by atoms with Crippen molar-refractivity contribution < 1.29 is 24.2 Å². The van der Waals surface area contributed by atoms with Crippen LogP contribution in [0.1, 0.15) is 16.8 Å². The highest BCUT2D eigenvalue weighted by Gasteiger charge is 2.28. The molecule has 1 aromatic rings. The van der Waals surface area contributed by atoms with E-state index in [2.05, 4.69) is 6.58 Å². The number of aromatic carboxylic acids is 1. The van der Waals surface area contributed by atoms with Crippen molar-refractivity contribution in [2.45, 2.75) is 12.5 Å². The maximum atomic E-state index is 11.7. The minimum absolute atomic E-state index is 0.0144. The molecule has 1 atom stereocenters. The Bertz CT molecular complexity index is 589. The highest BCUT2D eigenvalue weighted by Crippen LogP contribution is 2.25. The molecule has 0 aliphatic carbocycles. The fraction of sp³-hybridized carbons (Fsp3) is 0.333. The first-order valence-corrected chi connectivity index (χ1v) is 7.11. The van der Waals surface area contributed by atoms with Gasteiger partial charge in [0.15, 0.2) is 0 Å². The Labute approximate surface area is 132 Å². The Morgan fingerprint density at radius 1 is 1.50 bits per heavy atom. The average Bonchev–Trinajstić information content (AvgIpc) is 2.95. The topological polar surface area (TPSA) is 76.1 Å². The number of halogens is 1. The van der Waals surface area contributed by atoms with Crippen LogP contribution in [0.2, 0.25) is 5.02 Å². The van der Waals surface area contributed by atoms with Gasteiger partial charge in [0, 0.05) is 13.0 Å². The van der Waals surface area contributed by atoms with Gasteiger partial charge in [-0.15, -0.1) is 0 Å². The first-order valence-electron chi connectivity index (χ1n) is 6.73. The quantitative estimate of drug-likeness (QED) is 0.842. The van der Waals surface area contributed by atoms with Crippen LogP contribution in [-0.4, -0.2) is 47.9 Å². The van der Waals surface area contributed by atoms with E-state index in [-0.39, 0.29) is 23.3 Å². The van der Waals surface area contributed by atoms with Crippen LogP contribution in [0.3, 0.4) is 0 Å². The third kappa shape index (κ3) is 3.92. The summed E-state index contributed by atoms with van der Waals surface area (Å²) in [4.78, 5) is 24.3. The number of carboxylic acid groups (broad SMARTS) is 1. The minimum atomic E-state index is -1.11. The lowest BCUT2D eigenvalue weighted by molar-refractivity contribution is 0.0696. The summed E-state index contributed by atoms with van der Waals surface area (Å²) in [6, 6.07) is 4.46. The van der Waals surface area contributed by atoms with Gasteiger partial charge in [-0.2, -0.15) is 0 Å². The van der Waals surface area contributed by atoms with Crippen LogP contribution in [-0.2, 0) is 4.74 Å². The third-order valence-electron chi connectivity index (χ3n) is 3.20. The van der Waals surface area contributed by atoms with Gasteiger partial charge in [-0.1, -0.05) is 24.3 Å². The summed E-state index contributed by atoms with van der Waals surface area (Å²) in [6.45, 7) is 4.56. The number of carbonyl (C=O) groups is 2. The van der Waals surface area contributed by atoms with Crippen molar-refractivity contribution in [1.82, 2.24) is 4.90 Å². The molecule has 6 nitrogen and oxygen atoms in total. The summed E-state index contributed by atoms with van der Waals surface area (Å²) in [5.74, 6) is -0.704. The lowest BCUT2D eigenvalue weighted by Crippen LogP contribution is -2.31. The molecule has 0 saturated carbocycles. The van der Waals surface area contributed by atoms with E-state index in [1.54, 1.807) is 11.0 Å². The number of likely N-dealkylation sites (tertiary alicyclic amines) is 1. The maximum Gasteiger partial charge on any atom is 0.410 e. The van der Waals surface area contributed by atoms with Crippen LogP contribution in [0.15, 0.2) is 30.9 Å². The molecule has 22 heavy (non-hydrogen) atoms. The molecular weight excluding hydrogens is 310 g/mol. The molecule has 1 N–H and O–H groups in total. The highest BCUT2D eigenvalue weighted by atomic mass is 35.5. The zero-order valence-corrected chi connectivity index (χ0v) is 12.6. The zero-order chi connectivity index (χ0) is 16.1. The molecule has 7 heteroatoms. The van der Waals surface area contributed by atoms with Gasteiger partial charge in [-0.25, -0.2) is 9.59 Å². The van der Waals surface area contributed by atoms with E-state index >= 15 is 0 Å². The molecule has 0 bridgehead atoms. The van der Waals surface area contributed by atoms with Crippen molar-refractivity contribution in [2.24, 2.45) is 0 Å². The maximum absolute atomic E-state index is 11.7. The van der Waals surface area contributed by atoms with Gasteiger partial charge in [0.1, 0.15) is 18.5 Å². The predicted molar refractivity (Wildman–Crippen MR) is 80.6 cm³/mol. The molecule has 2 rings (SSSR count). The summed E-state index contributed by atoms with van der Waals surface area (Å²) in [5.41, 5.74) is -0.0144. The van der Waals surface area contributed by atoms with Gasteiger partial charge in [0.25, 0.3) is 0 Å². The van der Waals surface area contributed by atoms with E-state index in [0.717, 1.165) is 0 Å². The molecule has 1 aromatic carbocycles. The van der Waals surface area contributed by atoms with Gasteiger partial charge in [-0.05, 0) is 18.2 Å². The summed E-state index contributed by atoms with van der Waals surface area (Å²) in [7, 11) is 0. The van der Waals surface area contributed by atoms with Crippen molar-refractivity contribution in [1.29, 1.82) is 0 Å². The number of carboxylic acids is 1. The van der Waals surface area contributed by atoms with Crippen LogP contribution in [0.5, 0.6) is 5.75 Å². The Morgan fingerprint density at radius 3 is 2.95 bits per heavy atom. The van der Waals surface area contributed by atoms with Crippen molar-refractivity contribution in [3.8, 4) is 5.75 Å². The largest absolute Gasteiger partial charge is 0.488 e. The smallest absolute Gasteiger partial charge is 0.410 e. The summed E-state index contributed by atoms with van der Waals surface area (Å²) >= 11 is 5.81. The summed E-state index contributed by atoms with van der Waals surface area (Å²) in [6.07, 6.45) is 1.53. The highest BCUT2D eigenvalue weighted by molar-refractivity contribution is 6.33. The van der Waals surface area contributed by atoms with Gasteiger partial charge < -0.3 is 19.5 Å². The SMILES string of the molecule is C=CCOC(=O)N1CCC(Oc2ccc(Cl)c(C(=O)O)c2)C1. The Kier molecular flexibility index (Phi) is 5.27. The van der Waals surface area contributed by atoms with Crippen LogP contribution >= 0.6 is 11.6 Å². The minimum Gasteiger partial charge on any atom is -0.488 e. The molecule has 118 valence electrons. The van der Waals surface area contributed by atoms with E-state index in [1.807, 2.05) is 0 Å². The van der Waals surface area contributed by atoms with Gasteiger partial charge >= 0.3 is 12.1 Å². The van der Waals surface area contributed by atoms with E-state index in [9.17, 15) is 9.59 Å². The van der Waals surface area contributed by atoms with Crippen molar-refractivity contribution >= 4 is 23.7 Å². The number of rotatable bonds is 5. The molecular formula is C15H16ClNO5. The summed E-state index contributed by atoms with van der Waals surface area (Å²) in [5, 5.41) is 9.18. The van der Waals surface area contributed by atoms with Gasteiger partial charge in [0.2, 0.25) is 0 Å². The van der Waals surface area contributed by atoms with Crippen LogP contribution in [0, 0.1) is 0 Å². The number of hydrogen-bond donors (Lipinski definition) is 1. The fourth-order valence-corrected chi connectivity index (χ4v) is 2.34. The Morgan fingerprint density at radius 2 is 2.27 bits per heavy atom. The molecule has 1 unspecified atom stereocenters. The first kappa shape index (κ1) is 16.2. The van der Waals surface area contributed by atoms with E-state index in [1.165, 1.54) is 18.2 Å². The van der Waals surface area contributed by atoms with Gasteiger partial charge in [0.05, 0.1) is 17.1 Å².